The third-order valence-corrected chi connectivity index (χ3v) is 12.1. The number of carbonyl (C=O) groups is 2. The smallest absolute Gasteiger partial charge is 0.308 e. The van der Waals surface area contributed by atoms with E-state index in [1.165, 1.54) is 20.4 Å². The first-order chi connectivity index (χ1) is 26.4. The van der Waals surface area contributed by atoms with Crippen molar-refractivity contribution in [3.05, 3.63) is 0 Å². The van der Waals surface area contributed by atoms with Crippen LogP contribution in [0.15, 0.2) is 5.16 Å². The molecule has 1 unspecified atom stereocenters. The van der Waals surface area contributed by atoms with Crippen molar-refractivity contribution >= 4 is 18.0 Å². The van der Waals surface area contributed by atoms with Gasteiger partial charge in [0.05, 0.1) is 55.7 Å². The van der Waals surface area contributed by atoms with Crippen LogP contribution < -0.4 is 0 Å². The summed E-state index contributed by atoms with van der Waals surface area (Å²) in [6.07, 6.45) is -10.8. The molecule has 3 heterocycles. The monoisotopic (exact) mass is 806 g/mol. The number of methoxy groups -OCH3 is 2. The van der Waals surface area contributed by atoms with Crippen molar-refractivity contribution in [1.29, 1.82) is 0 Å². The van der Waals surface area contributed by atoms with E-state index >= 15 is 0 Å². The molecule has 0 aromatic carbocycles. The minimum absolute atomic E-state index is 0.0737. The van der Waals surface area contributed by atoms with Gasteiger partial charge in [0, 0.05) is 44.6 Å². The zero-order valence-electron chi connectivity index (χ0n) is 34.7. The normalized spacial score (nSPS) is 44.2. The molecular formula is C39H70N2O15. The van der Waals surface area contributed by atoms with Crippen LogP contribution >= 0.6 is 0 Å². The quantitative estimate of drug-likeness (QED) is 0.0742. The second-order valence-corrected chi connectivity index (χ2v) is 16.3. The first kappa shape index (κ1) is 48.5. The van der Waals surface area contributed by atoms with E-state index in [0.717, 1.165) is 0 Å². The van der Waals surface area contributed by atoms with Crippen molar-refractivity contribution < 1.29 is 73.5 Å². The van der Waals surface area contributed by atoms with Gasteiger partial charge in [-0.15, -0.1) is 5.16 Å². The van der Waals surface area contributed by atoms with Gasteiger partial charge in [0.25, 0.3) is 0 Å². The van der Waals surface area contributed by atoms with Crippen molar-refractivity contribution in [2.24, 2.45) is 34.7 Å². The lowest BCUT2D eigenvalue weighted by Gasteiger charge is -2.46. The van der Waals surface area contributed by atoms with Crippen LogP contribution in [0.1, 0.15) is 80.1 Å². The van der Waals surface area contributed by atoms with Crippen LogP contribution in [0.2, 0.25) is 0 Å². The summed E-state index contributed by atoms with van der Waals surface area (Å²) in [4.78, 5) is 29.1. The van der Waals surface area contributed by atoms with E-state index in [0.29, 0.717) is 6.42 Å². The standard InChI is InChI=1S/C39H70N2O15/c1-11-28-25(18-52-39-37(51-10)36(50-9)33(47)23(6)54-39)31(45)19(2)12-13-26(42)20(3)16-24(14-15-40-49)35(21(4)27(43)17-29(44)55-28)56-38-34(48)30(41(7)8)32(46)22(5)53-38/h15,19-25,27-28,30-39,43,45-49H,11-14,16-18H2,1-10H3/b40-15-/t19?,20-,21-,22+,23+,24-,25+,27-,28+,30-,31+,32+,33+,34+,35+,36+,37+,38-,39+/m0/s1. The number of ketones is 1. The summed E-state index contributed by atoms with van der Waals surface area (Å²) in [5, 5.41) is 68.8. The first-order valence-corrected chi connectivity index (χ1v) is 20.0. The highest BCUT2D eigenvalue weighted by atomic mass is 16.7. The molecule has 56 heavy (non-hydrogen) atoms. The molecule has 3 rings (SSSR count). The Morgan fingerprint density at radius 1 is 0.857 bits per heavy atom. The maximum absolute atomic E-state index is 13.7. The lowest BCUT2D eigenvalue weighted by Crippen LogP contribution is -2.63. The highest BCUT2D eigenvalue weighted by Crippen LogP contribution is 2.36. The van der Waals surface area contributed by atoms with Crippen LogP contribution in [0.25, 0.3) is 0 Å². The van der Waals surface area contributed by atoms with Crippen LogP contribution in [-0.2, 0) is 42.7 Å². The van der Waals surface area contributed by atoms with E-state index in [1.54, 1.807) is 53.6 Å². The SMILES string of the molecule is CC[C@H]1OC(=O)C[C@H](O)[C@H](C)[C@@H](O[C@@H]2O[C@H](C)[C@@H](O)[C@H](N(C)C)[C@H]2O)[C@@H](C/C=N\O)C[C@H](C)C(=O)CCC(C)[C@@H](O)[C@@H]1CO[C@@H]1O[C@H](C)[C@@H](O)[C@@H](OC)[C@H]1OC. The molecule has 3 saturated heterocycles. The molecule has 17 heteroatoms. The van der Waals surface area contributed by atoms with Gasteiger partial charge in [-0.05, 0) is 65.5 Å². The second-order valence-electron chi connectivity index (χ2n) is 16.3. The Kier molecular flexibility index (Phi) is 19.5. The fraction of sp³-hybridized carbons (Fsp3) is 0.923. The van der Waals surface area contributed by atoms with Crippen LogP contribution in [0.3, 0.4) is 0 Å². The van der Waals surface area contributed by atoms with Gasteiger partial charge < -0.3 is 68.8 Å². The zero-order chi connectivity index (χ0) is 42.0. The Labute approximate surface area is 331 Å². The van der Waals surface area contributed by atoms with Crippen molar-refractivity contribution in [2.75, 3.05) is 34.9 Å². The Morgan fingerprint density at radius 2 is 1.48 bits per heavy atom. The summed E-state index contributed by atoms with van der Waals surface area (Å²) in [5.74, 6) is -3.93. The zero-order valence-corrected chi connectivity index (χ0v) is 34.7. The van der Waals surface area contributed by atoms with Crippen LogP contribution in [0, 0.1) is 29.6 Å². The number of hydrogen-bond donors (Lipinski definition) is 6. The summed E-state index contributed by atoms with van der Waals surface area (Å²) in [6.45, 7) is 10.3. The number of esters is 1. The van der Waals surface area contributed by atoms with Gasteiger partial charge >= 0.3 is 5.97 Å². The van der Waals surface area contributed by atoms with E-state index in [1.807, 2.05) is 6.92 Å². The van der Waals surface area contributed by atoms with E-state index < -0.39 is 128 Å². The molecule has 19 atom stereocenters. The van der Waals surface area contributed by atoms with E-state index in [2.05, 4.69) is 5.16 Å². The van der Waals surface area contributed by atoms with Gasteiger partial charge in [0.15, 0.2) is 12.6 Å². The lowest BCUT2D eigenvalue weighted by molar-refractivity contribution is -0.306. The topological polar surface area (TPSA) is 236 Å². The molecule has 3 fully saturated rings. The second kappa shape index (κ2) is 22.5. The Morgan fingerprint density at radius 3 is 2.07 bits per heavy atom. The number of oxime groups is 1. The highest BCUT2D eigenvalue weighted by Gasteiger charge is 2.48. The average Bonchev–Trinajstić information content (AvgIpc) is 3.15. The molecule has 0 aromatic heterocycles. The highest BCUT2D eigenvalue weighted by molar-refractivity contribution is 5.80. The largest absolute Gasteiger partial charge is 0.462 e. The number of rotatable bonds is 11. The molecule has 17 nitrogen and oxygen atoms in total. The average molecular weight is 807 g/mol. The van der Waals surface area contributed by atoms with E-state index in [4.69, 9.17) is 33.2 Å². The van der Waals surface area contributed by atoms with Gasteiger partial charge in [-0.1, -0.05) is 27.7 Å². The Bertz CT molecular complexity index is 1230. The third-order valence-electron chi connectivity index (χ3n) is 12.1. The molecule has 326 valence electrons. The fourth-order valence-electron chi connectivity index (χ4n) is 8.43. The maximum Gasteiger partial charge on any atom is 0.308 e. The van der Waals surface area contributed by atoms with Gasteiger partial charge in [-0.3, -0.25) is 9.59 Å². The van der Waals surface area contributed by atoms with Gasteiger partial charge in [0.2, 0.25) is 0 Å². The fourth-order valence-corrected chi connectivity index (χ4v) is 8.43. The van der Waals surface area contributed by atoms with E-state index in [9.17, 15) is 40.3 Å². The molecule has 0 radical (unpaired) electrons. The van der Waals surface area contributed by atoms with Crippen LogP contribution in [-0.4, -0.2) is 174 Å². The Hall–Kier alpha value is -1.87. The predicted molar refractivity (Wildman–Crippen MR) is 202 cm³/mol. The third kappa shape index (κ3) is 12.1. The number of likely N-dealkylation sites (N-methyl/N-ethyl adjacent to an activating group) is 1. The molecule has 0 bridgehead atoms. The maximum atomic E-state index is 13.7. The number of ether oxygens (including phenoxy) is 7. The molecule has 3 aliphatic heterocycles. The molecule has 6 N–H and O–H groups in total. The number of hydrogen-bond acceptors (Lipinski definition) is 17. The number of aliphatic hydroxyl groups is 5. The molecule has 0 aliphatic carbocycles. The molecule has 3 aliphatic rings. The molecule has 0 aromatic rings. The summed E-state index contributed by atoms with van der Waals surface area (Å²) >= 11 is 0. The number of carbonyl (C=O) groups excluding carboxylic acids is 2. The molecule has 0 saturated carbocycles. The summed E-state index contributed by atoms with van der Waals surface area (Å²) in [7, 11) is 6.32. The number of Topliss-reactive ketones (excluding diaryl/α,β-unsaturated/α-hetero) is 1. The van der Waals surface area contributed by atoms with Gasteiger partial charge in [-0.2, -0.15) is 0 Å². The van der Waals surface area contributed by atoms with Crippen LogP contribution in [0.5, 0.6) is 0 Å². The van der Waals surface area contributed by atoms with Gasteiger partial charge in [0.1, 0.15) is 36.3 Å². The summed E-state index contributed by atoms with van der Waals surface area (Å²) in [5.41, 5.74) is 0. The van der Waals surface area contributed by atoms with Crippen molar-refractivity contribution in [3.63, 3.8) is 0 Å². The summed E-state index contributed by atoms with van der Waals surface area (Å²) in [6, 6.07) is -0.746. The van der Waals surface area contributed by atoms with Gasteiger partial charge in [-0.25, -0.2) is 0 Å². The minimum Gasteiger partial charge on any atom is -0.462 e. The molecule has 0 amide bonds. The number of aliphatic hydroxyl groups excluding tert-OH is 5. The van der Waals surface area contributed by atoms with Crippen LogP contribution in [0.4, 0.5) is 0 Å². The van der Waals surface area contributed by atoms with Crippen molar-refractivity contribution in [3.8, 4) is 0 Å². The predicted octanol–water partition coefficient (Wildman–Crippen LogP) is 1.10. The lowest BCUT2D eigenvalue weighted by atomic mass is 9.78. The molecule has 0 spiro atoms. The number of nitrogens with zero attached hydrogens (tertiary/aromatic N) is 2. The summed E-state index contributed by atoms with van der Waals surface area (Å²) < 4.78 is 41.7. The minimum atomic E-state index is -1.35. The first-order valence-electron chi connectivity index (χ1n) is 20.0. The van der Waals surface area contributed by atoms with E-state index in [-0.39, 0.29) is 38.1 Å². The van der Waals surface area contributed by atoms with Crippen molar-refractivity contribution in [2.45, 2.75) is 166 Å². The Balaban J connectivity index is 1.96. The number of cyclic esters (lactones) is 1. The van der Waals surface area contributed by atoms with Crippen molar-refractivity contribution in [1.82, 2.24) is 4.90 Å². The molecular weight excluding hydrogens is 736 g/mol.